The zero-order valence-corrected chi connectivity index (χ0v) is 21.4. The molecule has 0 aromatic carbocycles. The van der Waals surface area contributed by atoms with Crippen LogP contribution in [-0.4, -0.2) is 36.2 Å². The van der Waals surface area contributed by atoms with Crippen LogP contribution in [0.5, 0.6) is 0 Å². The first-order valence-electron chi connectivity index (χ1n) is 14.1. The molecule has 0 aromatic rings. The van der Waals surface area contributed by atoms with Gasteiger partial charge in [-0.05, 0) is 119 Å². The molecule has 4 aliphatic carbocycles. The number of hydrogen-bond donors (Lipinski definition) is 2. The highest BCUT2D eigenvalue weighted by Gasteiger charge is 2.57. The van der Waals surface area contributed by atoms with Gasteiger partial charge in [0.2, 0.25) is 5.91 Å². The average Bonchev–Trinajstić information content (AvgIpc) is 3.27. The Morgan fingerprint density at radius 2 is 2.00 bits per heavy atom. The number of carbonyl (C=O) groups excluding carboxylic acids is 1. The van der Waals surface area contributed by atoms with Crippen molar-refractivity contribution in [2.75, 3.05) is 6.54 Å². The molecule has 33 heavy (non-hydrogen) atoms. The van der Waals surface area contributed by atoms with Gasteiger partial charge in [-0.1, -0.05) is 25.0 Å². The smallest absolute Gasteiger partial charge is 0.217 e. The van der Waals surface area contributed by atoms with Crippen molar-refractivity contribution in [3.8, 4) is 0 Å². The topological polar surface area (TPSA) is 50.4 Å². The molecular formula is C29H46N2O2. The summed E-state index contributed by atoms with van der Waals surface area (Å²) in [5.74, 6) is 4.21. The Hall–Kier alpha value is -0.870. The third kappa shape index (κ3) is 3.73. The molecule has 3 saturated carbocycles. The molecular weight excluding hydrogens is 408 g/mol. The first-order chi connectivity index (χ1) is 15.8. The minimum Gasteiger partial charge on any atom is -0.370 e. The van der Waals surface area contributed by atoms with E-state index in [1.807, 2.05) is 5.57 Å². The largest absolute Gasteiger partial charge is 0.370 e. The van der Waals surface area contributed by atoms with Gasteiger partial charge in [0.05, 0.1) is 11.7 Å². The van der Waals surface area contributed by atoms with Crippen LogP contribution >= 0.6 is 0 Å². The Bertz CT molecular complexity index is 837. The number of allylic oxidation sites excluding steroid dienone is 1. The Morgan fingerprint density at radius 1 is 1.15 bits per heavy atom. The minimum absolute atomic E-state index is 0.0981. The van der Waals surface area contributed by atoms with E-state index in [-0.39, 0.29) is 11.5 Å². The quantitative estimate of drug-likeness (QED) is 0.524. The van der Waals surface area contributed by atoms with Crippen LogP contribution in [0.3, 0.4) is 0 Å². The number of hydrogen-bond acceptors (Lipinski definition) is 3. The molecule has 0 radical (unpaired) electrons. The van der Waals surface area contributed by atoms with E-state index in [1.54, 1.807) is 12.5 Å². The predicted octanol–water partition coefficient (Wildman–Crippen LogP) is 5.37. The van der Waals surface area contributed by atoms with Crippen LogP contribution < -0.4 is 10.6 Å². The van der Waals surface area contributed by atoms with Gasteiger partial charge in [-0.15, -0.1) is 0 Å². The number of rotatable bonds is 1. The van der Waals surface area contributed by atoms with Crippen LogP contribution in [-0.2, 0) is 9.53 Å². The zero-order chi connectivity index (χ0) is 23.0. The third-order valence-electron chi connectivity index (χ3n) is 11.4. The summed E-state index contributed by atoms with van der Waals surface area (Å²) in [6.07, 6.45) is 14.5. The first kappa shape index (κ1) is 22.6. The summed E-state index contributed by atoms with van der Waals surface area (Å²) in [7, 11) is 0. The van der Waals surface area contributed by atoms with Crippen LogP contribution in [0.1, 0.15) is 98.3 Å². The molecule has 2 heterocycles. The maximum absolute atomic E-state index is 11.6. The molecule has 6 rings (SSSR count). The van der Waals surface area contributed by atoms with Crippen molar-refractivity contribution in [1.82, 2.24) is 10.6 Å². The molecule has 184 valence electrons. The van der Waals surface area contributed by atoms with Gasteiger partial charge in [0.1, 0.15) is 0 Å². The van der Waals surface area contributed by atoms with Gasteiger partial charge in [0, 0.05) is 19.0 Å². The van der Waals surface area contributed by atoms with Gasteiger partial charge >= 0.3 is 0 Å². The number of piperidine rings is 1. The van der Waals surface area contributed by atoms with Crippen molar-refractivity contribution in [3.05, 3.63) is 11.1 Å². The highest BCUT2D eigenvalue weighted by molar-refractivity contribution is 5.73. The standard InChI is InChI=1S/C29H46N2O2/c1-17-11-27-26(30-16-17)15-29(33-27)10-8-22-23-6-5-20-12-21(31-19(3)32)7-9-28(20,4)25(23)13-24(22)18(2)14-29/h17,20-23,25-27,30H,5-16H2,1-4H3,(H,31,32)/t17-,20+,21+,22-,23?,25-,26-,27+,28-,29-/m0/s1. The van der Waals surface area contributed by atoms with E-state index in [0.717, 1.165) is 36.1 Å². The molecule has 4 heteroatoms. The maximum Gasteiger partial charge on any atom is 0.217 e. The van der Waals surface area contributed by atoms with Gasteiger partial charge in [0.25, 0.3) is 0 Å². The highest BCUT2D eigenvalue weighted by atomic mass is 16.5. The van der Waals surface area contributed by atoms with E-state index >= 15 is 0 Å². The second kappa shape index (κ2) is 8.08. The molecule has 4 nitrogen and oxygen atoms in total. The Morgan fingerprint density at radius 3 is 2.82 bits per heavy atom. The summed E-state index contributed by atoms with van der Waals surface area (Å²) in [5.41, 5.74) is 4.09. The summed E-state index contributed by atoms with van der Waals surface area (Å²) in [5, 5.41) is 7.06. The van der Waals surface area contributed by atoms with Crippen molar-refractivity contribution < 1.29 is 9.53 Å². The summed E-state index contributed by atoms with van der Waals surface area (Å²) in [6.45, 7) is 10.3. The van der Waals surface area contributed by atoms with Gasteiger partial charge in [0.15, 0.2) is 0 Å². The van der Waals surface area contributed by atoms with Crippen molar-refractivity contribution >= 4 is 5.91 Å². The molecule has 1 spiro atoms. The van der Waals surface area contributed by atoms with Crippen LogP contribution in [0.15, 0.2) is 11.1 Å². The van der Waals surface area contributed by atoms with E-state index in [9.17, 15) is 4.79 Å². The monoisotopic (exact) mass is 454 g/mol. The molecule has 1 amide bonds. The fraction of sp³-hybridized carbons (Fsp3) is 0.897. The number of amides is 1. The number of nitrogens with one attached hydrogen (secondary N) is 2. The van der Waals surface area contributed by atoms with E-state index in [0.29, 0.717) is 23.6 Å². The molecule has 1 unspecified atom stereocenters. The van der Waals surface area contributed by atoms with Crippen LogP contribution in [0.4, 0.5) is 0 Å². The Kier molecular flexibility index (Phi) is 5.53. The average molecular weight is 455 g/mol. The number of carbonyl (C=O) groups is 1. The lowest BCUT2D eigenvalue weighted by molar-refractivity contribution is -0.121. The third-order valence-corrected chi connectivity index (χ3v) is 11.4. The Labute approximate surface area is 201 Å². The molecule has 2 aliphatic heterocycles. The lowest BCUT2D eigenvalue weighted by atomic mass is 9.52. The Balaban J connectivity index is 1.20. The SMILES string of the molecule is CC(=O)N[C@@H]1CC[C@@]2(C)[C@H](CCC3[C@@H]4CC[C@]5(CC(C)=C4C[C@@H]32)C[C@@H]2NC[C@@H](C)C[C@H]2O5)C1. The molecule has 6 aliphatic rings. The van der Waals surface area contributed by atoms with Gasteiger partial charge in [-0.2, -0.15) is 0 Å². The molecule has 2 N–H and O–H groups in total. The first-order valence-corrected chi connectivity index (χ1v) is 14.1. The lowest BCUT2D eigenvalue weighted by Crippen LogP contribution is -2.50. The van der Waals surface area contributed by atoms with E-state index in [2.05, 4.69) is 31.4 Å². The second-order valence-corrected chi connectivity index (χ2v) is 13.5. The van der Waals surface area contributed by atoms with Crippen LogP contribution in [0.2, 0.25) is 0 Å². The lowest BCUT2D eigenvalue weighted by Gasteiger charge is -2.54. The maximum atomic E-state index is 11.6. The van der Waals surface area contributed by atoms with E-state index < -0.39 is 0 Å². The molecule has 10 atom stereocenters. The van der Waals surface area contributed by atoms with E-state index in [1.165, 1.54) is 70.6 Å². The number of fused-ring (bicyclic) bond motifs is 6. The second-order valence-electron chi connectivity index (χ2n) is 13.5. The van der Waals surface area contributed by atoms with Crippen molar-refractivity contribution in [2.45, 2.75) is 122 Å². The highest BCUT2D eigenvalue weighted by Crippen LogP contribution is 2.65. The predicted molar refractivity (Wildman–Crippen MR) is 132 cm³/mol. The van der Waals surface area contributed by atoms with Crippen molar-refractivity contribution in [3.63, 3.8) is 0 Å². The van der Waals surface area contributed by atoms with Gasteiger partial charge < -0.3 is 15.4 Å². The summed E-state index contributed by atoms with van der Waals surface area (Å²) in [4.78, 5) is 11.6. The van der Waals surface area contributed by atoms with Gasteiger partial charge in [-0.25, -0.2) is 0 Å². The fourth-order valence-electron chi connectivity index (χ4n) is 9.86. The van der Waals surface area contributed by atoms with Crippen LogP contribution in [0.25, 0.3) is 0 Å². The summed E-state index contributed by atoms with van der Waals surface area (Å²) < 4.78 is 6.93. The normalized spacial score (nSPS) is 51.4. The minimum atomic E-state index is 0.0981. The van der Waals surface area contributed by atoms with Gasteiger partial charge in [-0.3, -0.25) is 4.79 Å². The molecule has 0 aromatic heterocycles. The number of ether oxygens (including phenoxy) is 1. The van der Waals surface area contributed by atoms with Crippen molar-refractivity contribution in [2.24, 2.45) is 35.0 Å². The summed E-state index contributed by atoms with van der Waals surface area (Å²) >= 11 is 0. The molecule has 2 saturated heterocycles. The molecule has 5 fully saturated rings. The van der Waals surface area contributed by atoms with Crippen molar-refractivity contribution in [1.29, 1.82) is 0 Å². The van der Waals surface area contributed by atoms with Crippen LogP contribution in [0, 0.1) is 35.0 Å². The molecule has 0 bridgehead atoms. The van der Waals surface area contributed by atoms with E-state index in [4.69, 9.17) is 4.74 Å². The zero-order valence-electron chi connectivity index (χ0n) is 21.4. The fourth-order valence-corrected chi connectivity index (χ4v) is 9.86. The summed E-state index contributed by atoms with van der Waals surface area (Å²) in [6, 6.07) is 0.988.